The van der Waals surface area contributed by atoms with Crippen LogP contribution < -0.4 is 0 Å². The van der Waals surface area contributed by atoms with Crippen LogP contribution in [0.1, 0.15) is 11.9 Å². The normalized spacial score (nSPS) is 11.1. The van der Waals surface area contributed by atoms with Crippen LogP contribution in [0.5, 0.6) is 0 Å². The van der Waals surface area contributed by atoms with Crippen molar-refractivity contribution < 1.29 is 9.53 Å². The Kier molecular flexibility index (Phi) is 3.31. The zero-order valence-electron chi connectivity index (χ0n) is 8.84. The van der Waals surface area contributed by atoms with Gasteiger partial charge >= 0.3 is 5.97 Å². The molecule has 0 saturated heterocycles. The monoisotopic (exact) mass is 233 g/mol. The summed E-state index contributed by atoms with van der Waals surface area (Å²) in [5.41, 5.74) is 0.955. The van der Waals surface area contributed by atoms with Gasteiger partial charge in [0.1, 0.15) is 5.01 Å². The van der Waals surface area contributed by atoms with E-state index in [1.165, 1.54) is 6.08 Å². The van der Waals surface area contributed by atoms with Gasteiger partial charge in [0.15, 0.2) is 0 Å². The van der Waals surface area contributed by atoms with Crippen molar-refractivity contribution in [1.82, 2.24) is 4.98 Å². The lowest BCUT2D eigenvalue weighted by Gasteiger charge is -1.92. The highest BCUT2D eigenvalue weighted by Gasteiger charge is 2.00. The average Bonchev–Trinajstić information content (AvgIpc) is 2.69. The van der Waals surface area contributed by atoms with Gasteiger partial charge in [0.25, 0.3) is 0 Å². The first-order chi connectivity index (χ1) is 7.79. The third-order valence-corrected chi connectivity index (χ3v) is 2.96. The van der Waals surface area contributed by atoms with Crippen LogP contribution in [0.4, 0.5) is 0 Å². The van der Waals surface area contributed by atoms with Crippen LogP contribution >= 0.6 is 11.3 Å². The van der Waals surface area contributed by atoms with E-state index >= 15 is 0 Å². The molecule has 16 heavy (non-hydrogen) atoms. The number of aromatic nitrogens is 1. The summed E-state index contributed by atoms with van der Waals surface area (Å²) in [6.07, 6.45) is 3.09. The fourth-order valence-electron chi connectivity index (χ4n) is 1.29. The maximum Gasteiger partial charge on any atom is 0.330 e. The van der Waals surface area contributed by atoms with Crippen LogP contribution in [0.3, 0.4) is 0 Å². The molecule has 82 valence electrons. The number of hydrogen-bond donors (Lipinski definition) is 0. The quantitative estimate of drug-likeness (QED) is 0.604. The molecule has 0 aliphatic rings. The standard InChI is InChI=1S/C12H11NO2S/c1-2-15-12(14)8-7-11-13-9-5-3-4-6-10(9)16-11/h3-8H,2H2,1H3/b8-7+. The lowest BCUT2D eigenvalue weighted by atomic mass is 10.3. The summed E-state index contributed by atoms with van der Waals surface area (Å²) >= 11 is 1.55. The van der Waals surface area contributed by atoms with Gasteiger partial charge in [0.05, 0.1) is 16.8 Å². The van der Waals surface area contributed by atoms with Crippen molar-refractivity contribution in [2.24, 2.45) is 0 Å². The number of ether oxygens (including phenoxy) is 1. The number of carbonyl (C=O) groups is 1. The van der Waals surface area contributed by atoms with Crippen molar-refractivity contribution in [3.63, 3.8) is 0 Å². The van der Waals surface area contributed by atoms with E-state index in [1.807, 2.05) is 24.3 Å². The summed E-state index contributed by atoms with van der Waals surface area (Å²) in [6, 6.07) is 7.88. The minimum atomic E-state index is -0.332. The van der Waals surface area contributed by atoms with Crippen molar-refractivity contribution in [3.05, 3.63) is 35.3 Å². The predicted octanol–water partition coefficient (Wildman–Crippen LogP) is 2.87. The Labute approximate surface area is 97.4 Å². The van der Waals surface area contributed by atoms with E-state index in [4.69, 9.17) is 4.74 Å². The van der Waals surface area contributed by atoms with Crippen molar-refractivity contribution in [2.45, 2.75) is 6.92 Å². The topological polar surface area (TPSA) is 39.2 Å². The summed E-state index contributed by atoms with van der Waals surface area (Å²) in [6.45, 7) is 2.17. The Morgan fingerprint density at radius 1 is 1.50 bits per heavy atom. The molecule has 0 unspecified atom stereocenters. The molecule has 0 saturated carbocycles. The molecule has 1 heterocycles. The number of nitrogens with zero attached hydrogens (tertiary/aromatic N) is 1. The first-order valence-corrected chi connectivity index (χ1v) is 5.81. The van der Waals surface area contributed by atoms with Crippen molar-refractivity contribution in [2.75, 3.05) is 6.61 Å². The van der Waals surface area contributed by atoms with Gasteiger partial charge in [-0.2, -0.15) is 0 Å². The lowest BCUT2D eigenvalue weighted by molar-refractivity contribution is -0.137. The molecule has 1 aromatic carbocycles. The Hall–Kier alpha value is -1.68. The highest BCUT2D eigenvalue weighted by molar-refractivity contribution is 7.19. The smallest absolute Gasteiger partial charge is 0.330 e. The van der Waals surface area contributed by atoms with Gasteiger partial charge < -0.3 is 4.74 Å². The predicted molar refractivity (Wildman–Crippen MR) is 65.3 cm³/mol. The van der Waals surface area contributed by atoms with E-state index in [0.29, 0.717) is 6.61 Å². The van der Waals surface area contributed by atoms with Gasteiger partial charge in [-0.05, 0) is 25.1 Å². The van der Waals surface area contributed by atoms with Crippen LogP contribution in [0.15, 0.2) is 30.3 Å². The summed E-state index contributed by atoms with van der Waals surface area (Å²) in [5.74, 6) is -0.332. The van der Waals surface area contributed by atoms with Gasteiger partial charge in [-0.1, -0.05) is 12.1 Å². The number of fused-ring (bicyclic) bond motifs is 1. The fraction of sp³-hybridized carbons (Fsp3) is 0.167. The lowest BCUT2D eigenvalue weighted by Crippen LogP contribution is -1.98. The largest absolute Gasteiger partial charge is 0.463 e. The van der Waals surface area contributed by atoms with E-state index < -0.39 is 0 Å². The average molecular weight is 233 g/mol. The van der Waals surface area contributed by atoms with Gasteiger partial charge in [0.2, 0.25) is 0 Å². The zero-order chi connectivity index (χ0) is 11.4. The molecule has 1 aromatic heterocycles. The minimum absolute atomic E-state index is 0.332. The molecule has 0 atom stereocenters. The number of rotatable bonds is 3. The zero-order valence-corrected chi connectivity index (χ0v) is 9.66. The van der Waals surface area contributed by atoms with Crippen LogP contribution in [0.2, 0.25) is 0 Å². The van der Waals surface area contributed by atoms with E-state index in [-0.39, 0.29) is 5.97 Å². The SMILES string of the molecule is CCOC(=O)/C=C/c1nc2ccccc2s1. The van der Waals surface area contributed by atoms with Gasteiger partial charge in [-0.25, -0.2) is 9.78 Å². The van der Waals surface area contributed by atoms with E-state index in [0.717, 1.165) is 15.2 Å². The fourth-order valence-corrected chi connectivity index (χ4v) is 2.16. The third kappa shape index (κ3) is 2.46. The molecule has 0 N–H and O–H groups in total. The molecule has 0 aliphatic carbocycles. The van der Waals surface area contributed by atoms with Crippen LogP contribution in [-0.2, 0) is 9.53 Å². The summed E-state index contributed by atoms with van der Waals surface area (Å²) in [7, 11) is 0. The summed E-state index contributed by atoms with van der Waals surface area (Å²) in [5, 5.41) is 0.814. The number of benzene rings is 1. The molecule has 0 radical (unpaired) electrons. The third-order valence-electron chi connectivity index (χ3n) is 1.96. The Morgan fingerprint density at radius 2 is 2.31 bits per heavy atom. The van der Waals surface area contributed by atoms with E-state index in [2.05, 4.69) is 4.98 Å². The Balaban J connectivity index is 2.18. The Morgan fingerprint density at radius 3 is 3.06 bits per heavy atom. The van der Waals surface area contributed by atoms with Gasteiger partial charge in [-0.3, -0.25) is 0 Å². The molecule has 3 nitrogen and oxygen atoms in total. The molecule has 0 amide bonds. The minimum Gasteiger partial charge on any atom is -0.463 e. The van der Waals surface area contributed by atoms with Crippen molar-refractivity contribution in [3.8, 4) is 0 Å². The summed E-state index contributed by atoms with van der Waals surface area (Å²) < 4.78 is 5.91. The maximum absolute atomic E-state index is 11.1. The van der Waals surface area contributed by atoms with Crippen LogP contribution in [-0.4, -0.2) is 17.6 Å². The number of esters is 1. The second-order valence-corrected chi connectivity index (χ2v) is 4.17. The van der Waals surface area contributed by atoms with Gasteiger partial charge in [0, 0.05) is 6.08 Å². The second-order valence-electron chi connectivity index (χ2n) is 3.11. The molecule has 0 spiro atoms. The molecule has 2 rings (SSSR count). The number of carbonyl (C=O) groups excluding carboxylic acids is 1. The maximum atomic E-state index is 11.1. The molecule has 0 aliphatic heterocycles. The summed E-state index contributed by atoms with van der Waals surface area (Å²) in [4.78, 5) is 15.5. The highest BCUT2D eigenvalue weighted by Crippen LogP contribution is 2.22. The molecule has 2 aromatic rings. The van der Waals surface area contributed by atoms with Crippen molar-refractivity contribution in [1.29, 1.82) is 0 Å². The van der Waals surface area contributed by atoms with E-state index in [1.54, 1.807) is 24.3 Å². The number of hydrogen-bond acceptors (Lipinski definition) is 4. The second kappa shape index (κ2) is 4.90. The molecule has 4 heteroatoms. The highest BCUT2D eigenvalue weighted by atomic mass is 32.1. The first-order valence-electron chi connectivity index (χ1n) is 5.00. The number of para-hydroxylation sites is 1. The number of thiazole rings is 1. The van der Waals surface area contributed by atoms with Crippen LogP contribution in [0, 0.1) is 0 Å². The van der Waals surface area contributed by atoms with E-state index in [9.17, 15) is 4.79 Å². The Bertz CT molecular complexity index is 498. The van der Waals surface area contributed by atoms with Crippen LogP contribution in [0.25, 0.3) is 16.3 Å². The first kappa shape index (κ1) is 10.8. The molecule has 0 bridgehead atoms. The van der Waals surface area contributed by atoms with Gasteiger partial charge in [-0.15, -0.1) is 11.3 Å². The molecule has 0 fully saturated rings. The molecular formula is C12H11NO2S. The van der Waals surface area contributed by atoms with Crippen molar-refractivity contribution >= 4 is 33.6 Å². The molecular weight excluding hydrogens is 222 g/mol.